The normalized spacial score (nSPS) is 10.7. The zero-order valence-electron chi connectivity index (χ0n) is 22.5. The lowest BCUT2D eigenvalue weighted by molar-refractivity contribution is -0.116. The molecule has 0 aliphatic heterocycles. The molecule has 0 aliphatic rings. The average molecular weight is 495 g/mol. The topological polar surface area (TPSA) is 67.4 Å². The molecule has 0 bridgehead atoms. The minimum Gasteiger partial charge on any atom is -0.492 e. The van der Waals surface area contributed by atoms with Gasteiger partial charge in [0, 0.05) is 17.7 Å². The van der Waals surface area contributed by atoms with Gasteiger partial charge in [-0.25, -0.2) is 0 Å². The Kier molecular flexibility index (Phi) is 15.1. The molecule has 0 fully saturated rings. The van der Waals surface area contributed by atoms with Gasteiger partial charge in [-0.15, -0.1) is 0 Å². The number of carbonyl (C=O) groups is 2. The van der Waals surface area contributed by atoms with Gasteiger partial charge in [0.2, 0.25) is 5.91 Å². The molecular weight excluding hydrogens is 448 g/mol. The summed E-state index contributed by atoms with van der Waals surface area (Å²) < 4.78 is 5.56. The first-order chi connectivity index (χ1) is 17.6. The van der Waals surface area contributed by atoms with Crippen molar-refractivity contribution < 1.29 is 14.3 Å². The number of anilines is 2. The molecule has 0 aliphatic carbocycles. The lowest BCUT2D eigenvalue weighted by atomic mass is 10.0. The predicted octanol–water partition coefficient (Wildman–Crippen LogP) is 8.76. The number of carbonyl (C=O) groups excluding carboxylic acids is 2. The monoisotopic (exact) mass is 494 g/mol. The molecule has 0 saturated carbocycles. The first-order valence-electron chi connectivity index (χ1n) is 14.1. The Bertz CT molecular complexity index is 880. The Balaban J connectivity index is 1.57. The highest BCUT2D eigenvalue weighted by molar-refractivity contribution is 6.05. The summed E-state index contributed by atoms with van der Waals surface area (Å²) in [4.78, 5) is 24.9. The van der Waals surface area contributed by atoms with Gasteiger partial charge >= 0.3 is 0 Å². The van der Waals surface area contributed by atoms with E-state index < -0.39 is 0 Å². The van der Waals surface area contributed by atoms with Crippen LogP contribution in [-0.4, -0.2) is 18.4 Å². The number of nitrogens with one attached hydrogen (secondary N) is 2. The third-order valence-electron chi connectivity index (χ3n) is 6.37. The first-order valence-corrected chi connectivity index (χ1v) is 14.1. The maximum atomic E-state index is 12.6. The summed E-state index contributed by atoms with van der Waals surface area (Å²) in [5, 5.41) is 5.82. The third kappa shape index (κ3) is 12.2. The number of hydrogen-bond donors (Lipinski definition) is 2. The van der Waals surface area contributed by atoms with Crippen LogP contribution in [0.5, 0.6) is 5.75 Å². The number of unbranched alkanes of at least 4 members (excludes halogenated alkanes) is 12. The summed E-state index contributed by atoms with van der Waals surface area (Å²) in [5.74, 6) is 0.457. The van der Waals surface area contributed by atoms with E-state index in [1.165, 1.54) is 70.6 Å². The van der Waals surface area contributed by atoms with Crippen molar-refractivity contribution in [3.63, 3.8) is 0 Å². The SMILES string of the molecule is CCCCCCCCCCCCCCCC(=O)Nc1ccc(C(=O)Nc2ccccc2OCC)cc1. The van der Waals surface area contributed by atoms with E-state index in [2.05, 4.69) is 17.6 Å². The van der Waals surface area contributed by atoms with Crippen LogP contribution in [0.15, 0.2) is 48.5 Å². The number of hydrogen-bond acceptors (Lipinski definition) is 3. The van der Waals surface area contributed by atoms with Crippen LogP contribution in [0.3, 0.4) is 0 Å². The molecule has 2 N–H and O–H groups in total. The van der Waals surface area contributed by atoms with Crippen LogP contribution in [0.2, 0.25) is 0 Å². The molecule has 36 heavy (non-hydrogen) atoms. The second-order valence-corrected chi connectivity index (χ2v) is 9.50. The molecule has 198 valence electrons. The molecule has 5 nitrogen and oxygen atoms in total. The van der Waals surface area contributed by atoms with Gasteiger partial charge in [0.25, 0.3) is 5.91 Å². The highest BCUT2D eigenvalue weighted by Crippen LogP contribution is 2.24. The van der Waals surface area contributed by atoms with E-state index in [0.717, 1.165) is 12.8 Å². The van der Waals surface area contributed by atoms with Crippen molar-refractivity contribution in [1.82, 2.24) is 0 Å². The maximum Gasteiger partial charge on any atom is 0.255 e. The van der Waals surface area contributed by atoms with E-state index in [1.807, 2.05) is 31.2 Å². The number of amides is 2. The molecule has 0 heterocycles. The second-order valence-electron chi connectivity index (χ2n) is 9.50. The Morgan fingerprint density at radius 1 is 0.667 bits per heavy atom. The van der Waals surface area contributed by atoms with Crippen LogP contribution in [0.1, 0.15) is 114 Å². The summed E-state index contributed by atoms with van der Waals surface area (Å²) in [6.07, 6.45) is 17.4. The molecule has 2 aromatic carbocycles. The molecule has 0 unspecified atom stereocenters. The van der Waals surface area contributed by atoms with E-state index >= 15 is 0 Å². The van der Waals surface area contributed by atoms with E-state index in [0.29, 0.717) is 35.7 Å². The summed E-state index contributed by atoms with van der Waals surface area (Å²) >= 11 is 0. The standard InChI is InChI=1S/C31H46N2O3/c1-3-5-6-7-8-9-10-11-12-13-14-15-16-21-30(34)32-27-24-22-26(23-25-27)31(35)33-28-19-17-18-20-29(28)36-4-2/h17-20,22-25H,3-16,21H2,1-2H3,(H,32,34)(H,33,35). The lowest BCUT2D eigenvalue weighted by Gasteiger charge is -2.11. The van der Waals surface area contributed by atoms with Crippen LogP contribution in [-0.2, 0) is 4.79 Å². The molecule has 0 atom stereocenters. The highest BCUT2D eigenvalue weighted by atomic mass is 16.5. The Morgan fingerprint density at radius 2 is 1.22 bits per heavy atom. The highest BCUT2D eigenvalue weighted by Gasteiger charge is 2.10. The van der Waals surface area contributed by atoms with E-state index in [9.17, 15) is 9.59 Å². The van der Waals surface area contributed by atoms with Crippen molar-refractivity contribution in [1.29, 1.82) is 0 Å². The number of para-hydroxylation sites is 2. The molecular formula is C31H46N2O3. The Hall–Kier alpha value is -2.82. The van der Waals surface area contributed by atoms with Gasteiger partial charge < -0.3 is 15.4 Å². The molecule has 2 rings (SSSR count). The zero-order valence-corrected chi connectivity index (χ0v) is 22.5. The fraction of sp³-hybridized carbons (Fsp3) is 0.548. The number of ether oxygens (including phenoxy) is 1. The second kappa shape index (κ2) is 18.4. The number of rotatable bonds is 19. The Morgan fingerprint density at radius 3 is 1.81 bits per heavy atom. The van der Waals surface area contributed by atoms with Gasteiger partial charge in [0.15, 0.2) is 0 Å². The quantitative estimate of drug-likeness (QED) is 0.192. The van der Waals surface area contributed by atoms with Gasteiger partial charge in [0.05, 0.1) is 12.3 Å². The van der Waals surface area contributed by atoms with E-state index in [1.54, 1.807) is 24.3 Å². The summed E-state index contributed by atoms with van der Waals surface area (Å²) in [6.45, 7) is 4.70. The van der Waals surface area contributed by atoms with Crippen LogP contribution < -0.4 is 15.4 Å². The van der Waals surface area contributed by atoms with Gasteiger partial charge in [-0.2, -0.15) is 0 Å². The lowest BCUT2D eigenvalue weighted by Crippen LogP contribution is -2.14. The predicted molar refractivity (Wildman–Crippen MR) is 151 cm³/mol. The van der Waals surface area contributed by atoms with Crippen molar-refractivity contribution in [3.05, 3.63) is 54.1 Å². The van der Waals surface area contributed by atoms with Gasteiger partial charge in [-0.3, -0.25) is 9.59 Å². The molecule has 0 saturated heterocycles. The molecule has 2 aromatic rings. The fourth-order valence-corrected chi connectivity index (χ4v) is 4.28. The minimum absolute atomic E-state index is 0.0286. The van der Waals surface area contributed by atoms with E-state index in [4.69, 9.17) is 4.74 Å². The van der Waals surface area contributed by atoms with Crippen LogP contribution in [0, 0.1) is 0 Å². The van der Waals surface area contributed by atoms with Crippen molar-refractivity contribution in [2.45, 2.75) is 104 Å². The largest absolute Gasteiger partial charge is 0.492 e. The van der Waals surface area contributed by atoms with Gasteiger partial charge in [0.1, 0.15) is 5.75 Å². The van der Waals surface area contributed by atoms with Crippen LogP contribution in [0.25, 0.3) is 0 Å². The summed E-state index contributed by atoms with van der Waals surface area (Å²) in [5.41, 5.74) is 1.87. The summed E-state index contributed by atoms with van der Waals surface area (Å²) in [6, 6.07) is 14.3. The average Bonchev–Trinajstić information content (AvgIpc) is 2.88. The molecule has 0 aromatic heterocycles. The van der Waals surface area contributed by atoms with Crippen molar-refractivity contribution in [2.24, 2.45) is 0 Å². The molecule has 0 spiro atoms. The Labute approximate surface area is 218 Å². The van der Waals surface area contributed by atoms with Crippen molar-refractivity contribution in [3.8, 4) is 5.75 Å². The number of benzene rings is 2. The first kappa shape index (κ1) is 29.4. The van der Waals surface area contributed by atoms with Crippen LogP contribution in [0.4, 0.5) is 11.4 Å². The molecule has 5 heteroatoms. The van der Waals surface area contributed by atoms with Gasteiger partial charge in [-0.1, -0.05) is 96.1 Å². The summed E-state index contributed by atoms with van der Waals surface area (Å²) in [7, 11) is 0. The fourth-order valence-electron chi connectivity index (χ4n) is 4.28. The van der Waals surface area contributed by atoms with E-state index in [-0.39, 0.29) is 11.8 Å². The minimum atomic E-state index is -0.216. The maximum absolute atomic E-state index is 12.6. The van der Waals surface area contributed by atoms with Crippen molar-refractivity contribution in [2.75, 3.05) is 17.2 Å². The third-order valence-corrected chi connectivity index (χ3v) is 6.37. The van der Waals surface area contributed by atoms with Crippen LogP contribution >= 0.6 is 0 Å². The smallest absolute Gasteiger partial charge is 0.255 e. The zero-order chi connectivity index (χ0) is 25.8. The van der Waals surface area contributed by atoms with Gasteiger partial charge in [-0.05, 0) is 49.7 Å². The molecule has 2 amide bonds. The molecule has 0 radical (unpaired) electrons. The van der Waals surface area contributed by atoms with Crippen molar-refractivity contribution >= 4 is 23.2 Å².